The summed E-state index contributed by atoms with van der Waals surface area (Å²) in [5.41, 5.74) is 10.5. The normalized spacial score (nSPS) is 13.6. The number of hydrogen-bond donors (Lipinski definition) is 1. The van der Waals surface area contributed by atoms with Crippen molar-refractivity contribution >= 4 is 5.91 Å². The molecule has 0 aliphatic carbocycles. The Hall–Kier alpha value is -2.98. The zero-order valence-electron chi connectivity index (χ0n) is 17.4. The first-order valence-electron chi connectivity index (χ1n) is 10.1. The van der Waals surface area contributed by atoms with Gasteiger partial charge in [-0.05, 0) is 48.1 Å². The van der Waals surface area contributed by atoms with Crippen molar-refractivity contribution in [2.45, 2.75) is 45.6 Å². The summed E-state index contributed by atoms with van der Waals surface area (Å²) in [5, 5.41) is 6.68. The Morgan fingerprint density at radius 3 is 2.41 bits per heavy atom. The Morgan fingerprint density at radius 2 is 1.79 bits per heavy atom. The maximum absolute atomic E-state index is 12.7. The number of carbonyl (C=O) groups is 1. The molecular formula is C23H30N4O2. The van der Waals surface area contributed by atoms with E-state index in [1.54, 1.807) is 0 Å². The average molecular weight is 395 g/mol. The lowest BCUT2D eigenvalue weighted by molar-refractivity contribution is -0.122. The first-order chi connectivity index (χ1) is 14.0. The van der Waals surface area contributed by atoms with Crippen LogP contribution < -0.4 is 10.1 Å². The van der Waals surface area contributed by atoms with E-state index in [-0.39, 0.29) is 18.4 Å². The van der Waals surface area contributed by atoms with Crippen molar-refractivity contribution in [3.63, 3.8) is 0 Å². The van der Waals surface area contributed by atoms with Gasteiger partial charge in [0.2, 0.25) is 5.91 Å². The number of ether oxygens (including phenoxy) is 1. The van der Waals surface area contributed by atoms with Crippen molar-refractivity contribution in [1.29, 1.82) is 0 Å². The van der Waals surface area contributed by atoms with Gasteiger partial charge in [-0.15, -0.1) is 0 Å². The Kier molecular flexibility index (Phi) is 9.06. The van der Waals surface area contributed by atoms with Crippen molar-refractivity contribution in [3.05, 3.63) is 76.2 Å². The van der Waals surface area contributed by atoms with Gasteiger partial charge in [-0.2, -0.15) is 0 Å². The third-order valence-electron chi connectivity index (χ3n) is 4.94. The molecule has 6 heteroatoms. The number of nitrogens with one attached hydrogen (secondary N) is 1. The zero-order chi connectivity index (χ0) is 21.1. The van der Waals surface area contributed by atoms with E-state index in [9.17, 15) is 4.79 Å². The highest BCUT2D eigenvalue weighted by atomic mass is 16.5. The molecule has 0 aliphatic heterocycles. The fourth-order valence-electron chi connectivity index (χ4n) is 3.15. The van der Waals surface area contributed by atoms with Crippen LogP contribution in [0, 0.1) is 5.92 Å². The number of carbonyl (C=O) groups excluding carboxylic acids is 1. The van der Waals surface area contributed by atoms with Crippen LogP contribution in [0.4, 0.5) is 0 Å². The molecule has 0 spiro atoms. The second kappa shape index (κ2) is 11.8. The smallest absolute Gasteiger partial charge is 0.227 e. The predicted octanol–water partition coefficient (Wildman–Crippen LogP) is 5.77. The fourth-order valence-corrected chi connectivity index (χ4v) is 3.15. The highest BCUT2D eigenvalue weighted by Crippen LogP contribution is 2.22. The molecule has 0 radical (unpaired) electrons. The second-order valence-corrected chi connectivity index (χ2v) is 7.38. The van der Waals surface area contributed by atoms with E-state index in [0.717, 1.165) is 29.7 Å². The molecule has 0 bridgehead atoms. The fraction of sp³-hybridized carbons (Fsp3) is 0.435. The second-order valence-electron chi connectivity index (χ2n) is 7.38. The van der Waals surface area contributed by atoms with Crippen LogP contribution in [0.3, 0.4) is 0 Å². The molecule has 2 aromatic rings. The van der Waals surface area contributed by atoms with Gasteiger partial charge in [0.15, 0.2) is 0 Å². The van der Waals surface area contributed by atoms with Crippen molar-refractivity contribution < 1.29 is 9.53 Å². The largest absolute Gasteiger partial charge is 0.493 e. The third-order valence-corrected chi connectivity index (χ3v) is 4.94. The SMILES string of the molecule is CCCC(C)COc1ccc([C@H](CN=[N+]=[N-])NC(=O)[C@@H](C)c2ccccc2)cc1. The monoisotopic (exact) mass is 394 g/mol. The Balaban J connectivity index is 2.05. The molecule has 3 atom stereocenters. The minimum Gasteiger partial charge on any atom is -0.493 e. The molecule has 29 heavy (non-hydrogen) atoms. The molecule has 2 rings (SSSR count). The first kappa shape index (κ1) is 22.3. The molecule has 0 aromatic heterocycles. The number of azide groups is 1. The summed E-state index contributed by atoms with van der Waals surface area (Å²) in [5.74, 6) is 0.898. The highest BCUT2D eigenvalue weighted by Gasteiger charge is 2.20. The summed E-state index contributed by atoms with van der Waals surface area (Å²) in [6.45, 7) is 7.04. The quantitative estimate of drug-likeness (QED) is 0.298. The van der Waals surface area contributed by atoms with Gasteiger partial charge in [-0.25, -0.2) is 0 Å². The van der Waals surface area contributed by atoms with Crippen LogP contribution in [0.2, 0.25) is 0 Å². The standard InChI is InChI=1S/C23H30N4O2/c1-4-8-17(2)16-29-21-13-11-20(12-14-21)22(15-25-27-24)26-23(28)18(3)19-9-6-5-7-10-19/h5-7,9-14,17-18,22H,4,8,15-16H2,1-3H3,(H,26,28)/t17?,18-,22-/m0/s1. The van der Waals surface area contributed by atoms with E-state index in [0.29, 0.717) is 12.5 Å². The van der Waals surface area contributed by atoms with E-state index < -0.39 is 6.04 Å². The third kappa shape index (κ3) is 7.16. The van der Waals surface area contributed by atoms with Gasteiger partial charge in [0.25, 0.3) is 0 Å². The molecule has 154 valence electrons. The summed E-state index contributed by atoms with van der Waals surface area (Å²) < 4.78 is 5.84. The number of amides is 1. The van der Waals surface area contributed by atoms with Crippen LogP contribution in [0.1, 0.15) is 56.7 Å². The van der Waals surface area contributed by atoms with Gasteiger partial charge in [-0.1, -0.05) is 67.8 Å². The number of benzene rings is 2. The maximum atomic E-state index is 12.7. The van der Waals surface area contributed by atoms with Crippen molar-refractivity contribution in [3.8, 4) is 5.75 Å². The lowest BCUT2D eigenvalue weighted by Gasteiger charge is -2.21. The minimum absolute atomic E-state index is 0.108. The molecule has 1 amide bonds. The van der Waals surface area contributed by atoms with E-state index in [1.807, 2.05) is 61.5 Å². The average Bonchev–Trinajstić information content (AvgIpc) is 2.75. The summed E-state index contributed by atoms with van der Waals surface area (Å²) in [7, 11) is 0. The van der Waals surface area contributed by atoms with E-state index in [2.05, 4.69) is 29.2 Å². The van der Waals surface area contributed by atoms with Gasteiger partial charge in [-0.3, -0.25) is 4.79 Å². The molecule has 0 saturated carbocycles. The van der Waals surface area contributed by atoms with E-state index in [1.165, 1.54) is 0 Å². The van der Waals surface area contributed by atoms with Crippen molar-refractivity contribution in [2.75, 3.05) is 13.2 Å². The number of hydrogen-bond acceptors (Lipinski definition) is 3. The Labute approximate surface area is 172 Å². The molecule has 2 aromatic carbocycles. The first-order valence-corrected chi connectivity index (χ1v) is 10.1. The van der Waals surface area contributed by atoms with Crippen LogP contribution >= 0.6 is 0 Å². The molecular weight excluding hydrogens is 364 g/mol. The summed E-state index contributed by atoms with van der Waals surface area (Å²) in [6, 6.07) is 16.8. The van der Waals surface area contributed by atoms with Gasteiger partial charge in [0, 0.05) is 4.91 Å². The zero-order valence-corrected chi connectivity index (χ0v) is 17.4. The molecule has 6 nitrogen and oxygen atoms in total. The van der Waals surface area contributed by atoms with Crippen LogP contribution in [0.15, 0.2) is 59.7 Å². The molecule has 1 unspecified atom stereocenters. The lowest BCUT2D eigenvalue weighted by Crippen LogP contribution is -2.33. The van der Waals surface area contributed by atoms with Gasteiger partial charge in [0.1, 0.15) is 5.75 Å². The topological polar surface area (TPSA) is 87.1 Å². The molecule has 0 aliphatic rings. The van der Waals surface area contributed by atoms with Crippen LogP contribution in [0.5, 0.6) is 5.75 Å². The van der Waals surface area contributed by atoms with Gasteiger partial charge >= 0.3 is 0 Å². The number of rotatable bonds is 11. The summed E-state index contributed by atoms with van der Waals surface area (Å²) in [6.07, 6.45) is 2.28. The maximum Gasteiger partial charge on any atom is 0.227 e. The van der Waals surface area contributed by atoms with Crippen LogP contribution in [-0.2, 0) is 4.79 Å². The van der Waals surface area contributed by atoms with Crippen molar-refractivity contribution in [2.24, 2.45) is 11.0 Å². The van der Waals surface area contributed by atoms with Crippen LogP contribution in [0.25, 0.3) is 10.4 Å². The summed E-state index contributed by atoms with van der Waals surface area (Å²) >= 11 is 0. The number of nitrogens with zero attached hydrogens (tertiary/aromatic N) is 3. The minimum atomic E-state index is -0.391. The molecule has 1 N–H and O–H groups in total. The predicted molar refractivity (Wildman–Crippen MR) is 116 cm³/mol. The molecule has 0 heterocycles. The highest BCUT2D eigenvalue weighted by molar-refractivity contribution is 5.83. The Morgan fingerprint density at radius 1 is 1.10 bits per heavy atom. The molecule has 0 saturated heterocycles. The van der Waals surface area contributed by atoms with Gasteiger partial charge in [0.05, 0.1) is 25.1 Å². The summed E-state index contributed by atoms with van der Waals surface area (Å²) in [4.78, 5) is 15.6. The lowest BCUT2D eigenvalue weighted by atomic mass is 9.99. The van der Waals surface area contributed by atoms with Crippen molar-refractivity contribution in [1.82, 2.24) is 5.32 Å². The molecule has 0 fully saturated rings. The van der Waals surface area contributed by atoms with E-state index in [4.69, 9.17) is 10.3 Å². The van der Waals surface area contributed by atoms with Gasteiger partial charge < -0.3 is 10.1 Å². The van der Waals surface area contributed by atoms with Crippen LogP contribution in [-0.4, -0.2) is 19.1 Å². The Bertz CT molecular complexity index is 801. The van der Waals surface area contributed by atoms with E-state index >= 15 is 0 Å².